The molecule has 4 rings (SSSR count). The van der Waals surface area contributed by atoms with Crippen molar-refractivity contribution in [3.63, 3.8) is 0 Å². The van der Waals surface area contributed by atoms with Gasteiger partial charge in [0.15, 0.2) is 0 Å². The van der Waals surface area contributed by atoms with Crippen LogP contribution in [0.2, 0.25) is 0 Å². The van der Waals surface area contributed by atoms with Gasteiger partial charge in [0.2, 0.25) is 0 Å². The van der Waals surface area contributed by atoms with E-state index in [0.717, 1.165) is 28.5 Å². The van der Waals surface area contributed by atoms with Crippen molar-refractivity contribution in [1.29, 1.82) is 5.26 Å². The van der Waals surface area contributed by atoms with E-state index in [0.29, 0.717) is 17.1 Å². The Morgan fingerprint density at radius 2 is 1.89 bits per heavy atom. The third-order valence-electron chi connectivity index (χ3n) is 4.26. The van der Waals surface area contributed by atoms with E-state index in [-0.39, 0.29) is 0 Å². The zero-order valence-corrected chi connectivity index (χ0v) is 15.0. The van der Waals surface area contributed by atoms with Crippen molar-refractivity contribution in [2.45, 2.75) is 6.92 Å². The molecule has 0 atom stereocenters. The SMILES string of the molecule is COc1ccc(Nc2cc(C#N)cc(-c3c(C)nc4ccccn34)n2)cc1. The Morgan fingerprint density at radius 3 is 2.63 bits per heavy atom. The zero-order valence-electron chi connectivity index (χ0n) is 15.0. The molecule has 1 N–H and O–H groups in total. The predicted octanol–water partition coefficient (Wildman–Crippen LogP) is 4.33. The molecule has 0 radical (unpaired) electrons. The average Bonchev–Trinajstić information content (AvgIpc) is 3.04. The maximum absolute atomic E-state index is 9.46. The summed E-state index contributed by atoms with van der Waals surface area (Å²) in [6.07, 6.45) is 1.95. The molecule has 1 aromatic carbocycles. The number of ether oxygens (including phenoxy) is 1. The standard InChI is InChI=1S/C21H17N5O/c1-14-21(26-10-4-3-5-20(26)23-14)18-11-15(13-22)12-19(25-18)24-16-6-8-17(27-2)9-7-16/h3-12H,1-2H3,(H,24,25). The summed E-state index contributed by atoms with van der Waals surface area (Å²) in [4.78, 5) is 9.30. The van der Waals surface area contributed by atoms with E-state index in [2.05, 4.69) is 16.4 Å². The third-order valence-corrected chi connectivity index (χ3v) is 4.26. The molecule has 27 heavy (non-hydrogen) atoms. The number of imidazole rings is 1. The molecular weight excluding hydrogens is 338 g/mol. The fraction of sp³-hybridized carbons (Fsp3) is 0.0952. The second-order valence-electron chi connectivity index (χ2n) is 6.07. The molecule has 132 valence electrons. The smallest absolute Gasteiger partial charge is 0.137 e. The molecule has 0 saturated heterocycles. The highest BCUT2D eigenvalue weighted by Crippen LogP contribution is 2.27. The summed E-state index contributed by atoms with van der Waals surface area (Å²) in [5, 5.41) is 12.7. The number of aryl methyl sites for hydroxylation is 1. The Morgan fingerprint density at radius 1 is 1.07 bits per heavy atom. The van der Waals surface area contributed by atoms with Crippen LogP contribution in [0, 0.1) is 18.3 Å². The molecule has 0 unspecified atom stereocenters. The highest BCUT2D eigenvalue weighted by Gasteiger charge is 2.14. The van der Waals surface area contributed by atoms with Crippen LogP contribution in [0.4, 0.5) is 11.5 Å². The lowest BCUT2D eigenvalue weighted by atomic mass is 10.1. The number of aromatic nitrogens is 3. The number of benzene rings is 1. The summed E-state index contributed by atoms with van der Waals surface area (Å²) in [5.74, 6) is 1.38. The van der Waals surface area contributed by atoms with Crippen LogP contribution in [0.1, 0.15) is 11.3 Å². The first-order chi connectivity index (χ1) is 13.2. The fourth-order valence-electron chi connectivity index (χ4n) is 3.02. The molecule has 0 fully saturated rings. The molecular formula is C21H17N5O. The number of rotatable bonds is 4. The Kier molecular flexibility index (Phi) is 4.19. The summed E-state index contributed by atoms with van der Waals surface area (Å²) in [5.41, 5.74) is 4.67. The fourth-order valence-corrected chi connectivity index (χ4v) is 3.02. The zero-order chi connectivity index (χ0) is 18.8. The van der Waals surface area contributed by atoms with Crippen LogP contribution in [0.25, 0.3) is 17.0 Å². The van der Waals surface area contributed by atoms with Gasteiger partial charge in [-0.05, 0) is 55.5 Å². The molecule has 0 bridgehead atoms. The number of anilines is 2. The van der Waals surface area contributed by atoms with Crippen LogP contribution < -0.4 is 10.1 Å². The van der Waals surface area contributed by atoms with E-state index >= 15 is 0 Å². The van der Waals surface area contributed by atoms with Gasteiger partial charge in [-0.25, -0.2) is 9.97 Å². The summed E-state index contributed by atoms with van der Waals surface area (Å²) < 4.78 is 7.16. The first-order valence-corrected chi connectivity index (χ1v) is 8.45. The van der Waals surface area contributed by atoms with Gasteiger partial charge >= 0.3 is 0 Å². The van der Waals surface area contributed by atoms with Crippen LogP contribution in [0.5, 0.6) is 5.75 Å². The van der Waals surface area contributed by atoms with Gasteiger partial charge in [0.25, 0.3) is 0 Å². The summed E-state index contributed by atoms with van der Waals surface area (Å²) in [7, 11) is 1.63. The Balaban J connectivity index is 1.79. The number of methoxy groups -OCH3 is 1. The number of nitriles is 1. The molecule has 0 saturated carbocycles. The summed E-state index contributed by atoms with van der Waals surface area (Å²) in [6, 6.07) is 19.1. The molecule has 3 aromatic heterocycles. The minimum Gasteiger partial charge on any atom is -0.497 e. The number of pyridine rings is 2. The highest BCUT2D eigenvalue weighted by atomic mass is 16.5. The van der Waals surface area contributed by atoms with Gasteiger partial charge in [-0.15, -0.1) is 0 Å². The van der Waals surface area contributed by atoms with Crippen LogP contribution >= 0.6 is 0 Å². The molecule has 0 aliphatic heterocycles. The third kappa shape index (κ3) is 3.18. The monoisotopic (exact) mass is 355 g/mol. The van der Waals surface area contributed by atoms with Crippen molar-refractivity contribution < 1.29 is 4.74 Å². The van der Waals surface area contributed by atoms with E-state index < -0.39 is 0 Å². The van der Waals surface area contributed by atoms with E-state index in [4.69, 9.17) is 9.72 Å². The molecule has 0 amide bonds. The first-order valence-electron chi connectivity index (χ1n) is 8.45. The van der Waals surface area contributed by atoms with Gasteiger partial charge in [0, 0.05) is 11.9 Å². The maximum Gasteiger partial charge on any atom is 0.137 e. The lowest BCUT2D eigenvalue weighted by Crippen LogP contribution is -1.99. The van der Waals surface area contributed by atoms with Gasteiger partial charge in [0.05, 0.1) is 35.8 Å². The Bertz CT molecular complexity index is 1160. The van der Waals surface area contributed by atoms with Crippen LogP contribution in [0.3, 0.4) is 0 Å². The summed E-state index contributed by atoms with van der Waals surface area (Å²) >= 11 is 0. The lowest BCUT2D eigenvalue weighted by molar-refractivity contribution is 0.415. The van der Waals surface area contributed by atoms with Gasteiger partial charge in [-0.2, -0.15) is 5.26 Å². The van der Waals surface area contributed by atoms with Crippen molar-refractivity contribution in [1.82, 2.24) is 14.4 Å². The van der Waals surface area contributed by atoms with Crippen molar-refractivity contribution in [3.8, 4) is 23.2 Å². The number of hydrogen-bond donors (Lipinski definition) is 1. The second-order valence-corrected chi connectivity index (χ2v) is 6.07. The van der Waals surface area contributed by atoms with E-state index in [9.17, 15) is 5.26 Å². The number of nitrogens with one attached hydrogen (secondary N) is 1. The number of fused-ring (bicyclic) bond motifs is 1. The van der Waals surface area contributed by atoms with E-state index in [1.54, 1.807) is 19.2 Å². The largest absolute Gasteiger partial charge is 0.497 e. The Hall–Kier alpha value is -3.85. The van der Waals surface area contributed by atoms with Crippen molar-refractivity contribution in [3.05, 3.63) is 72.1 Å². The molecule has 0 aliphatic rings. The van der Waals surface area contributed by atoms with Crippen molar-refractivity contribution in [2.24, 2.45) is 0 Å². The van der Waals surface area contributed by atoms with E-state index in [1.165, 1.54) is 0 Å². The van der Waals surface area contributed by atoms with Gasteiger partial charge in [-0.1, -0.05) is 6.07 Å². The molecule has 4 aromatic rings. The van der Waals surface area contributed by atoms with Crippen molar-refractivity contribution >= 4 is 17.2 Å². The van der Waals surface area contributed by atoms with Gasteiger partial charge < -0.3 is 10.1 Å². The van der Waals surface area contributed by atoms with E-state index in [1.807, 2.05) is 60.0 Å². The van der Waals surface area contributed by atoms with Crippen LogP contribution in [0.15, 0.2) is 60.8 Å². The second kappa shape index (κ2) is 6.81. The summed E-state index contributed by atoms with van der Waals surface area (Å²) in [6.45, 7) is 1.94. The number of nitrogens with zero attached hydrogens (tertiary/aromatic N) is 4. The molecule has 3 heterocycles. The topological polar surface area (TPSA) is 75.2 Å². The first kappa shape index (κ1) is 16.6. The minimum absolute atomic E-state index is 0.529. The average molecular weight is 355 g/mol. The molecule has 6 nitrogen and oxygen atoms in total. The van der Waals surface area contributed by atoms with Crippen molar-refractivity contribution in [2.75, 3.05) is 12.4 Å². The predicted molar refractivity (Wildman–Crippen MR) is 104 cm³/mol. The Labute approximate surface area is 156 Å². The van der Waals surface area contributed by atoms with Crippen LogP contribution in [-0.2, 0) is 0 Å². The maximum atomic E-state index is 9.46. The quantitative estimate of drug-likeness (QED) is 0.590. The van der Waals surface area contributed by atoms with Gasteiger partial charge in [-0.3, -0.25) is 4.40 Å². The minimum atomic E-state index is 0.529. The van der Waals surface area contributed by atoms with Gasteiger partial charge in [0.1, 0.15) is 17.2 Å². The highest BCUT2D eigenvalue weighted by molar-refractivity contribution is 5.69. The molecule has 6 heteroatoms. The molecule has 0 spiro atoms. The molecule has 0 aliphatic carbocycles. The lowest BCUT2D eigenvalue weighted by Gasteiger charge is -2.10. The number of hydrogen-bond acceptors (Lipinski definition) is 5. The van der Waals surface area contributed by atoms with Crippen LogP contribution in [-0.4, -0.2) is 21.5 Å². The normalized spacial score (nSPS) is 10.6.